The summed E-state index contributed by atoms with van der Waals surface area (Å²) in [6.07, 6.45) is 1.31. The van der Waals surface area contributed by atoms with E-state index in [4.69, 9.17) is 27.3 Å². The molecule has 0 saturated carbocycles. The number of anilines is 1. The van der Waals surface area contributed by atoms with Crippen LogP contribution in [0.2, 0.25) is 5.02 Å². The maximum absolute atomic E-state index is 11.8. The smallest absolute Gasteiger partial charge is 0.339 e. The summed E-state index contributed by atoms with van der Waals surface area (Å²) in [7, 11) is 0. The van der Waals surface area contributed by atoms with Crippen molar-refractivity contribution in [2.75, 3.05) is 12.3 Å². The van der Waals surface area contributed by atoms with Crippen molar-refractivity contribution < 1.29 is 9.53 Å². The van der Waals surface area contributed by atoms with Crippen LogP contribution in [0.3, 0.4) is 0 Å². The topological polar surface area (TPSA) is 76.1 Å². The number of rotatable bonds is 5. The highest BCUT2D eigenvalue weighted by molar-refractivity contribution is 6.33. The molecule has 1 rings (SSSR count). The number of halogens is 1. The van der Waals surface area contributed by atoms with Crippen LogP contribution in [0, 0.1) is 16.7 Å². The van der Waals surface area contributed by atoms with Gasteiger partial charge in [0.2, 0.25) is 0 Å². The van der Waals surface area contributed by atoms with Gasteiger partial charge in [0.1, 0.15) is 0 Å². The summed E-state index contributed by atoms with van der Waals surface area (Å²) >= 11 is 5.91. The van der Waals surface area contributed by atoms with Gasteiger partial charge < -0.3 is 10.5 Å². The molecule has 0 aromatic heterocycles. The number of ether oxygens (including phenoxy) is 1. The average molecular weight is 281 g/mol. The number of carbonyl (C=O) groups is 1. The summed E-state index contributed by atoms with van der Waals surface area (Å²) in [5.41, 5.74) is 5.95. The minimum absolute atomic E-state index is 0.269. The van der Waals surface area contributed by atoms with Crippen molar-refractivity contribution in [3.63, 3.8) is 0 Å². The first-order valence-corrected chi connectivity index (χ1v) is 6.37. The standard InChI is InChI=1S/C14H17ClN2O2/c1-14(2,9-16)6-3-7-19-13(18)11-5-4-10(17)8-12(11)15/h4-5,8H,3,6-7,17H2,1-2H3. The monoisotopic (exact) mass is 280 g/mol. The van der Waals surface area contributed by atoms with Gasteiger partial charge >= 0.3 is 5.97 Å². The molecule has 0 amide bonds. The van der Waals surface area contributed by atoms with Crippen molar-refractivity contribution >= 4 is 23.3 Å². The fourth-order valence-corrected chi connectivity index (χ4v) is 1.78. The molecule has 2 N–H and O–H groups in total. The summed E-state index contributed by atoms with van der Waals surface area (Å²) in [5.74, 6) is -0.472. The third-order valence-electron chi connectivity index (χ3n) is 2.69. The van der Waals surface area contributed by atoms with E-state index >= 15 is 0 Å². The van der Waals surface area contributed by atoms with Gasteiger partial charge in [0.05, 0.1) is 28.7 Å². The van der Waals surface area contributed by atoms with Crippen LogP contribution in [0.25, 0.3) is 0 Å². The number of nitrogens with zero attached hydrogens (tertiary/aromatic N) is 1. The zero-order chi connectivity index (χ0) is 14.5. The molecule has 19 heavy (non-hydrogen) atoms. The van der Waals surface area contributed by atoms with Crippen LogP contribution in [0.4, 0.5) is 5.69 Å². The van der Waals surface area contributed by atoms with Crippen LogP contribution >= 0.6 is 11.6 Å². The Balaban J connectivity index is 2.46. The van der Waals surface area contributed by atoms with Gasteiger partial charge in [-0.25, -0.2) is 4.79 Å². The molecule has 1 aromatic carbocycles. The largest absolute Gasteiger partial charge is 0.462 e. The Hall–Kier alpha value is -1.73. The maximum Gasteiger partial charge on any atom is 0.339 e. The summed E-state index contributed by atoms with van der Waals surface area (Å²) in [5, 5.41) is 9.14. The molecule has 0 radical (unpaired) electrons. The zero-order valence-electron chi connectivity index (χ0n) is 11.1. The molecular weight excluding hydrogens is 264 g/mol. The lowest BCUT2D eigenvalue weighted by atomic mass is 9.90. The lowest BCUT2D eigenvalue weighted by Crippen LogP contribution is -2.12. The highest BCUT2D eigenvalue weighted by Gasteiger charge is 2.17. The maximum atomic E-state index is 11.8. The molecule has 0 unspecified atom stereocenters. The number of nitrogen functional groups attached to an aromatic ring is 1. The zero-order valence-corrected chi connectivity index (χ0v) is 11.8. The summed E-state index contributed by atoms with van der Waals surface area (Å²) < 4.78 is 5.12. The van der Waals surface area contributed by atoms with Crippen LogP contribution < -0.4 is 5.73 Å². The van der Waals surface area contributed by atoms with Crippen molar-refractivity contribution in [2.45, 2.75) is 26.7 Å². The van der Waals surface area contributed by atoms with Gasteiger partial charge in [0, 0.05) is 5.69 Å². The Morgan fingerprint density at radius 3 is 2.79 bits per heavy atom. The number of nitrogens with two attached hydrogens (primary N) is 1. The molecule has 4 nitrogen and oxygen atoms in total. The molecular formula is C14H17ClN2O2. The van der Waals surface area contributed by atoms with Gasteiger partial charge in [-0.15, -0.1) is 0 Å². The van der Waals surface area contributed by atoms with Crippen LogP contribution in [-0.4, -0.2) is 12.6 Å². The SMILES string of the molecule is CC(C)(C#N)CCCOC(=O)c1ccc(N)cc1Cl. The third-order valence-corrected chi connectivity index (χ3v) is 3.01. The number of nitriles is 1. The lowest BCUT2D eigenvalue weighted by Gasteiger charge is -2.14. The average Bonchev–Trinajstić information content (AvgIpc) is 2.34. The van der Waals surface area contributed by atoms with E-state index in [0.29, 0.717) is 24.1 Å². The number of benzene rings is 1. The van der Waals surface area contributed by atoms with Crippen LogP contribution in [-0.2, 0) is 4.74 Å². The predicted molar refractivity (Wildman–Crippen MR) is 74.8 cm³/mol. The van der Waals surface area contributed by atoms with Crippen LogP contribution in [0.15, 0.2) is 18.2 Å². The molecule has 0 heterocycles. The molecule has 0 bridgehead atoms. The lowest BCUT2D eigenvalue weighted by molar-refractivity contribution is 0.0491. The minimum atomic E-state index is -0.472. The van der Waals surface area contributed by atoms with Crippen molar-refractivity contribution in [1.29, 1.82) is 5.26 Å². The third kappa shape index (κ3) is 4.80. The summed E-state index contributed by atoms with van der Waals surface area (Å²) in [4.78, 5) is 11.8. The first kappa shape index (κ1) is 15.3. The van der Waals surface area contributed by atoms with Crippen molar-refractivity contribution in [3.8, 4) is 6.07 Å². The molecule has 0 aliphatic heterocycles. The van der Waals surface area contributed by atoms with E-state index < -0.39 is 11.4 Å². The normalized spacial score (nSPS) is 10.8. The number of hydrogen-bond acceptors (Lipinski definition) is 4. The second kappa shape index (κ2) is 6.44. The van der Waals surface area contributed by atoms with E-state index in [9.17, 15) is 4.79 Å². The van der Waals surface area contributed by atoms with E-state index in [1.807, 2.05) is 13.8 Å². The molecule has 0 saturated heterocycles. The molecule has 0 fully saturated rings. The van der Waals surface area contributed by atoms with E-state index in [2.05, 4.69) is 6.07 Å². The minimum Gasteiger partial charge on any atom is -0.462 e. The highest BCUT2D eigenvalue weighted by atomic mass is 35.5. The highest BCUT2D eigenvalue weighted by Crippen LogP contribution is 2.22. The Morgan fingerprint density at radius 1 is 1.53 bits per heavy atom. The molecule has 0 atom stereocenters. The van der Waals surface area contributed by atoms with Crippen LogP contribution in [0.1, 0.15) is 37.0 Å². The van der Waals surface area contributed by atoms with E-state index in [1.54, 1.807) is 12.1 Å². The molecule has 0 aliphatic rings. The molecule has 102 valence electrons. The molecule has 1 aromatic rings. The summed E-state index contributed by atoms with van der Waals surface area (Å²) in [6, 6.07) is 6.85. The second-order valence-corrected chi connectivity index (χ2v) is 5.38. The first-order valence-electron chi connectivity index (χ1n) is 5.99. The van der Waals surface area contributed by atoms with Gasteiger partial charge in [-0.2, -0.15) is 5.26 Å². The van der Waals surface area contributed by atoms with Gasteiger partial charge in [-0.1, -0.05) is 11.6 Å². The summed E-state index contributed by atoms with van der Waals surface area (Å²) in [6.45, 7) is 3.97. The van der Waals surface area contributed by atoms with Crippen LogP contribution in [0.5, 0.6) is 0 Å². The van der Waals surface area contributed by atoms with Gasteiger partial charge in [-0.05, 0) is 44.9 Å². The van der Waals surface area contributed by atoms with Gasteiger partial charge in [-0.3, -0.25) is 0 Å². The Bertz CT molecular complexity index is 507. The first-order chi connectivity index (χ1) is 8.85. The van der Waals surface area contributed by atoms with E-state index in [-0.39, 0.29) is 11.6 Å². The molecule has 5 heteroatoms. The van der Waals surface area contributed by atoms with Crippen molar-refractivity contribution in [2.24, 2.45) is 5.41 Å². The Kier molecular flexibility index (Phi) is 5.20. The Labute approximate surface area is 118 Å². The fourth-order valence-electron chi connectivity index (χ4n) is 1.51. The number of esters is 1. The van der Waals surface area contributed by atoms with E-state index in [1.165, 1.54) is 6.07 Å². The fraction of sp³-hybridized carbons (Fsp3) is 0.429. The van der Waals surface area contributed by atoms with E-state index in [0.717, 1.165) is 0 Å². The predicted octanol–water partition coefficient (Wildman–Crippen LogP) is 3.41. The quantitative estimate of drug-likeness (QED) is 0.509. The van der Waals surface area contributed by atoms with Gasteiger partial charge in [0.15, 0.2) is 0 Å². The number of carbonyl (C=O) groups excluding carboxylic acids is 1. The van der Waals surface area contributed by atoms with Crippen molar-refractivity contribution in [3.05, 3.63) is 28.8 Å². The molecule has 0 aliphatic carbocycles. The Morgan fingerprint density at radius 2 is 2.21 bits per heavy atom. The van der Waals surface area contributed by atoms with Gasteiger partial charge in [0.25, 0.3) is 0 Å². The second-order valence-electron chi connectivity index (χ2n) is 4.97. The van der Waals surface area contributed by atoms with Crippen molar-refractivity contribution in [1.82, 2.24) is 0 Å². The molecule has 0 spiro atoms. The number of hydrogen-bond donors (Lipinski definition) is 1.